The van der Waals surface area contributed by atoms with Crippen molar-refractivity contribution in [3.63, 3.8) is 0 Å². The molecule has 1 atom stereocenters. The molecule has 0 radical (unpaired) electrons. The number of hydrogen-bond donors (Lipinski definition) is 1. The van der Waals surface area contributed by atoms with Gasteiger partial charge in [-0.25, -0.2) is 9.78 Å². The number of carbonyl (C=O) groups is 2. The van der Waals surface area contributed by atoms with Crippen LogP contribution in [0.2, 0.25) is 0 Å². The van der Waals surface area contributed by atoms with Crippen LogP contribution in [-0.4, -0.2) is 21.7 Å². The van der Waals surface area contributed by atoms with Gasteiger partial charge in [0.1, 0.15) is 11.4 Å². The maximum atomic E-state index is 13.2. The van der Waals surface area contributed by atoms with Gasteiger partial charge in [-0.1, -0.05) is 6.07 Å². The lowest BCUT2D eigenvalue weighted by molar-refractivity contribution is -0.140. The molecule has 0 saturated heterocycles. The number of pyridine rings is 2. The third-order valence-corrected chi connectivity index (χ3v) is 6.09. The Morgan fingerprint density at radius 2 is 1.83 bits per heavy atom. The van der Waals surface area contributed by atoms with Gasteiger partial charge in [0, 0.05) is 46.9 Å². The van der Waals surface area contributed by atoms with E-state index in [0.717, 1.165) is 27.0 Å². The van der Waals surface area contributed by atoms with E-state index in [1.54, 1.807) is 30.7 Å². The Bertz CT molecular complexity index is 1190. The van der Waals surface area contributed by atoms with Gasteiger partial charge in [0.2, 0.25) is 0 Å². The molecule has 0 spiro atoms. The summed E-state index contributed by atoms with van der Waals surface area (Å²) in [5.74, 6) is -1.04. The van der Waals surface area contributed by atoms with Crippen molar-refractivity contribution in [2.24, 2.45) is 0 Å². The molecule has 0 fully saturated rings. The summed E-state index contributed by atoms with van der Waals surface area (Å²) in [4.78, 5) is 35.1. The highest BCUT2D eigenvalue weighted by Crippen LogP contribution is 2.43. The van der Waals surface area contributed by atoms with Crippen molar-refractivity contribution in [1.82, 2.24) is 15.3 Å². The summed E-state index contributed by atoms with van der Waals surface area (Å²) < 4.78 is 5.63. The lowest BCUT2D eigenvalue weighted by atomic mass is 9.79. The summed E-state index contributed by atoms with van der Waals surface area (Å²) in [5.41, 5.74) is 4.19. The van der Waals surface area contributed by atoms with Crippen LogP contribution in [0.3, 0.4) is 0 Å². The summed E-state index contributed by atoms with van der Waals surface area (Å²) in [6.45, 7) is 5.36. The van der Waals surface area contributed by atoms with Crippen molar-refractivity contribution in [3.05, 3.63) is 81.9 Å². The third-order valence-electron chi connectivity index (χ3n) is 5.17. The monoisotopic (exact) mass is 419 g/mol. The number of hydrogen-bond acceptors (Lipinski definition) is 7. The Morgan fingerprint density at radius 3 is 2.57 bits per heavy atom. The zero-order valence-electron chi connectivity index (χ0n) is 16.9. The van der Waals surface area contributed by atoms with Gasteiger partial charge in [0.05, 0.1) is 5.57 Å². The number of rotatable bonds is 5. The molecular weight excluding hydrogens is 398 g/mol. The second-order valence-corrected chi connectivity index (χ2v) is 8.03. The molecule has 1 aliphatic heterocycles. The van der Waals surface area contributed by atoms with Crippen LogP contribution in [0.15, 0.2) is 70.8 Å². The fraction of sp³-hybridized carbons (Fsp3) is 0.217. The van der Waals surface area contributed by atoms with Gasteiger partial charge in [-0.15, -0.1) is 11.3 Å². The Kier molecular flexibility index (Phi) is 5.46. The zero-order chi connectivity index (χ0) is 21.3. The Labute approximate surface area is 178 Å². The molecule has 4 rings (SSSR count). The average Bonchev–Trinajstić information content (AvgIpc) is 3.16. The number of aromatic nitrogens is 2. The predicted octanol–water partition coefficient (Wildman–Crippen LogP) is 4.26. The van der Waals surface area contributed by atoms with Crippen molar-refractivity contribution in [1.29, 1.82) is 0 Å². The van der Waals surface area contributed by atoms with Crippen molar-refractivity contribution in [2.45, 2.75) is 33.3 Å². The number of ether oxygens (including phenoxy) is 1. The molecule has 0 aliphatic carbocycles. The minimum atomic E-state index is -0.508. The molecule has 152 valence electrons. The van der Waals surface area contributed by atoms with Crippen LogP contribution in [-0.2, 0) is 20.9 Å². The van der Waals surface area contributed by atoms with E-state index >= 15 is 0 Å². The first kappa shape index (κ1) is 20.0. The highest BCUT2D eigenvalue weighted by Gasteiger charge is 2.37. The van der Waals surface area contributed by atoms with E-state index in [-0.39, 0.29) is 12.4 Å². The largest absolute Gasteiger partial charge is 0.457 e. The number of esters is 1. The number of thiophene rings is 1. The molecule has 0 amide bonds. The van der Waals surface area contributed by atoms with E-state index in [1.165, 1.54) is 18.3 Å². The van der Waals surface area contributed by atoms with Crippen LogP contribution in [0.25, 0.3) is 10.2 Å². The molecule has 6 nitrogen and oxygen atoms in total. The molecule has 30 heavy (non-hydrogen) atoms. The van der Waals surface area contributed by atoms with Crippen molar-refractivity contribution in [2.75, 3.05) is 0 Å². The van der Waals surface area contributed by atoms with E-state index in [9.17, 15) is 9.59 Å². The second-order valence-electron chi connectivity index (χ2n) is 7.17. The van der Waals surface area contributed by atoms with Gasteiger partial charge in [-0.2, -0.15) is 0 Å². The molecule has 0 saturated carbocycles. The van der Waals surface area contributed by atoms with Crippen LogP contribution in [0.1, 0.15) is 37.8 Å². The van der Waals surface area contributed by atoms with E-state index in [0.29, 0.717) is 16.8 Å². The summed E-state index contributed by atoms with van der Waals surface area (Å²) in [5, 5.41) is 6.11. The molecule has 3 aromatic rings. The quantitative estimate of drug-likeness (QED) is 0.623. The van der Waals surface area contributed by atoms with E-state index < -0.39 is 11.9 Å². The zero-order valence-corrected chi connectivity index (χ0v) is 17.7. The lowest BCUT2D eigenvalue weighted by Crippen LogP contribution is -2.31. The Balaban J connectivity index is 1.77. The predicted molar refractivity (Wildman–Crippen MR) is 116 cm³/mol. The maximum absolute atomic E-state index is 13.2. The third kappa shape index (κ3) is 3.64. The molecular formula is C23H21N3O3S. The van der Waals surface area contributed by atoms with Gasteiger partial charge in [0.15, 0.2) is 5.78 Å². The molecule has 1 unspecified atom stereocenters. The van der Waals surface area contributed by atoms with E-state index in [1.807, 2.05) is 31.4 Å². The number of nitrogens with one attached hydrogen (secondary N) is 1. The number of fused-ring (bicyclic) bond motifs is 1. The fourth-order valence-electron chi connectivity index (χ4n) is 3.86. The van der Waals surface area contributed by atoms with Gasteiger partial charge >= 0.3 is 5.97 Å². The number of carbonyl (C=O) groups excluding carboxylic acids is 2. The molecule has 0 bridgehead atoms. The standard InChI is InChI=1S/C23H21N3O3S/c1-13-19(15(3)27)21(18-12-30-22-17(18)5-4-8-25-22)20(14(2)26-13)23(28)29-11-16-6-9-24-10-7-16/h4-10,12,21,26H,11H2,1-3H3. The summed E-state index contributed by atoms with van der Waals surface area (Å²) in [7, 11) is 0. The number of ketones is 1. The highest BCUT2D eigenvalue weighted by atomic mass is 32.1. The van der Waals surface area contributed by atoms with Gasteiger partial charge in [0.25, 0.3) is 0 Å². The fourth-order valence-corrected chi connectivity index (χ4v) is 4.80. The van der Waals surface area contributed by atoms with Crippen molar-refractivity contribution >= 4 is 33.3 Å². The van der Waals surface area contributed by atoms with Gasteiger partial charge in [-0.05, 0) is 55.5 Å². The summed E-state index contributed by atoms with van der Waals surface area (Å²) >= 11 is 1.50. The number of dihydropyridines is 1. The number of nitrogens with zero attached hydrogens (tertiary/aromatic N) is 2. The van der Waals surface area contributed by atoms with Gasteiger partial charge in [-0.3, -0.25) is 9.78 Å². The van der Waals surface area contributed by atoms with Crippen LogP contribution in [0, 0.1) is 0 Å². The molecule has 1 N–H and O–H groups in total. The molecule has 4 heterocycles. The Morgan fingerprint density at radius 1 is 1.10 bits per heavy atom. The van der Waals surface area contributed by atoms with Crippen LogP contribution >= 0.6 is 11.3 Å². The topological polar surface area (TPSA) is 81.2 Å². The number of allylic oxidation sites excluding steroid dienone is 3. The minimum absolute atomic E-state index is 0.0832. The second kappa shape index (κ2) is 8.20. The van der Waals surface area contributed by atoms with Crippen LogP contribution in [0.4, 0.5) is 0 Å². The first-order valence-electron chi connectivity index (χ1n) is 9.55. The van der Waals surface area contributed by atoms with Crippen LogP contribution < -0.4 is 5.32 Å². The van der Waals surface area contributed by atoms with E-state index in [2.05, 4.69) is 15.3 Å². The van der Waals surface area contributed by atoms with Crippen molar-refractivity contribution < 1.29 is 14.3 Å². The first-order chi connectivity index (χ1) is 14.5. The Hall–Kier alpha value is -3.32. The minimum Gasteiger partial charge on any atom is -0.457 e. The van der Waals surface area contributed by atoms with Gasteiger partial charge < -0.3 is 10.1 Å². The smallest absolute Gasteiger partial charge is 0.337 e. The van der Waals surface area contributed by atoms with E-state index in [4.69, 9.17) is 4.74 Å². The molecule has 1 aliphatic rings. The SMILES string of the molecule is CC(=O)C1=C(C)NC(C)=C(C(=O)OCc2ccncc2)C1c1csc2ncccc12. The molecule has 0 aromatic carbocycles. The summed E-state index contributed by atoms with van der Waals surface area (Å²) in [6.07, 6.45) is 5.05. The van der Waals surface area contributed by atoms with Crippen molar-refractivity contribution in [3.8, 4) is 0 Å². The normalized spacial score (nSPS) is 16.6. The number of Topliss-reactive ketones (excluding diaryl/α,β-unsaturated/α-hetero) is 1. The van der Waals surface area contributed by atoms with Crippen LogP contribution in [0.5, 0.6) is 0 Å². The average molecular weight is 420 g/mol. The molecule has 7 heteroatoms. The highest BCUT2D eigenvalue weighted by molar-refractivity contribution is 7.16. The first-order valence-corrected chi connectivity index (χ1v) is 10.4. The molecule has 3 aromatic heterocycles. The maximum Gasteiger partial charge on any atom is 0.337 e. The summed E-state index contributed by atoms with van der Waals surface area (Å²) in [6, 6.07) is 7.43. The lowest BCUT2D eigenvalue weighted by Gasteiger charge is -2.30.